The van der Waals surface area contributed by atoms with E-state index in [1.54, 1.807) is 18.0 Å². The van der Waals surface area contributed by atoms with Crippen molar-refractivity contribution >= 4 is 17.5 Å². The number of hydrogen-bond donors (Lipinski definition) is 0. The van der Waals surface area contributed by atoms with Gasteiger partial charge >= 0.3 is 0 Å². The second-order valence-electron chi connectivity index (χ2n) is 10.4. The summed E-state index contributed by atoms with van der Waals surface area (Å²) in [5, 5.41) is 9.77. The summed E-state index contributed by atoms with van der Waals surface area (Å²) >= 11 is 1.58. The average Bonchev–Trinajstić information content (AvgIpc) is 3.20. The van der Waals surface area contributed by atoms with Crippen molar-refractivity contribution in [3.8, 4) is 11.4 Å². The molecule has 0 spiro atoms. The SMILES string of the molecule is CC(Sc1nnc(-c2cccnc2)n1Cc1ccccc1)C(=O)C12CC3CC(CC(C3)C1)C2. The molecule has 1 unspecified atom stereocenters. The van der Waals surface area contributed by atoms with Crippen LogP contribution in [0, 0.1) is 23.2 Å². The van der Waals surface area contributed by atoms with Gasteiger partial charge in [-0.05, 0) is 80.9 Å². The van der Waals surface area contributed by atoms with Crippen molar-refractivity contribution in [3.05, 3.63) is 60.4 Å². The lowest BCUT2D eigenvalue weighted by molar-refractivity contribution is -0.142. The summed E-state index contributed by atoms with van der Waals surface area (Å²) in [7, 11) is 0. The summed E-state index contributed by atoms with van der Waals surface area (Å²) in [6.45, 7) is 2.75. The average molecular weight is 459 g/mol. The standard InChI is InChI=1S/C27H30N4OS/c1-18(24(32)27-13-20-10-21(14-27)12-22(11-20)15-27)33-26-30-29-25(23-8-5-9-28-16-23)31(26)17-19-6-3-2-4-7-19/h2-9,16,18,20-22H,10-15,17H2,1H3. The Hall–Kier alpha value is -2.47. The van der Waals surface area contributed by atoms with Crippen molar-refractivity contribution in [2.45, 2.75) is 62.4 Å². The van der Waals surface area contributed by atoms with Crippen molar-refractivity contribution in [3.63, 3.8) is 0 Å². The van der Waals surface area contributed by atoms with E-state index in [0.29, 0.717) is 12.3 Å². The fourth-order valence-corrected chi connectivity index (χ4v) is 8.09. The van der Waals surface area contributed by atoms with Crippen LogP contribution in [0.4, 0.5) is 0 Å². The number of benzene rings is 1. The minimum atomic E-state index is -0.123. The maximum Gasteiger partial charge on any atom is 0.192 e. The second-order valence-corrected chi connectivity index (χ2v) is 11.7. The molecular weight excluding hydrogens is 428 g/mol. The number of carbonyl (C=O) groups excluding carboxylic acids is 1. The third-order valence-electron chi connectivity index (χ3n) is 8.03. The number of aromatic nitrogens is 4. The van der Waals surface area contributed by atoms with Crippen LogP contribution in [0.25, 0.3) is 11.4 Å². The fraction of sp³-hybridized carbons (Fsp3) is 0.481. The first-order chi connectivity index (χ1) is 16.1. The first-order valence-corrected chi connectivity index (χ1v) is 13.1. The predicted molar refractivity (Wildman–Crippen MR) is 130 cm³/mol. The zero-order chi connectivity index (χ0) is 22.4. The molecule has 2 aromatic heterocycles. The second kappa shape index (κ2) is 8.39. The largest absolute Gasteiger partial charge is 0.298 e. The smallest absolute Gasteiger partial charge is 0.192 e. The van der Waals surface area contributed by atoms with Crippen LogP contribution in [0.3, 0.4) is 0 Å². The lowest BCUT2D eigenvalue weighted by Gasteiger charge is -2.56. The zero-order valence-corrected chi connectivity index (χ0v) is 19.9. The van der Waals surface area contributed by atoms with Gasteiger partial charge in [-0.2, -0.15) is 0 Å². The molecule has 1 aromatic carbocycles. The highest BCUT2D eigenvalue weighted by molar-refractivity contribution is 8.00. The van der Waals surface area contributed by atoms with Crippen molar-refractivity contribution in [2.75, 3.05) is 0 Å². The number of carbonyl (C=O) groups is 1. The predicted octanol–water partition coefficient (Wildman–Crippen LogP) is 5.65. The Labute approximate surface area is 199 Å². The molecule has 7 rings (SSSR count). The molecule has 6 heteroatoms. The Kier molecular flexibility index (Phi) is 5.36. The van der Waals surface area contributed by atoms with Gasteiger partial charge in [-0.15, -0.1) is 10.2 Å². The topological polar surface area (TPSA) is 60.7 Å². The summed E-state index contributed by atoms with van der Waals surface area (Å²) in [5.41, 5.74) is 2.04. The van der Waals surface area contributed by atoms with Crippen LogP contribution >= 0.6 is 11.8 Å². The van der Waals surface area contributed by atoms with Crippen molar-refractivity contribution < 1.29 is 4.79 Å². The van der Waals surface area contributed by atoms with Gasteiger partial charge in [0.15, 0.2) is 16.8 Å². The van der Waals surface area contributed by atoms with E-state index in [1.807, 2.05) is 24.4 Å². The highest BCUT2D eigenvalue weighted by Gasteiger charge is 2.55. The normalized spacial score (nSPS) is 28.7. The highest BCUT2D eigenvalue weighted by Crippen LogP contribution is 2.61. The minimum absolute atomic E-state index is 0.0857. The summed E-state index contributed by atoms with van der Waals surface area (Å²) in [6.07, 6.45) is 11.0. The maximum atomic E-state index is 13.9. The summed E-state index contributed by atoms with van der Waals surface area (Å²) in [6, 6.07) is 14.3. The van der Waals surface area contributed by atoms with Gasteiger partial charge in [0.1, 0.15) is 0 Å². The molecule has 33 heavy (non-hydrogen) atoms. The van der Waals surface area contributed by atoms with E-state index in [1.165, 1.54) is 24.8 Å². The van der Waals surface area contributed by atoms with E-state index in [-0.39, 0.29) is 10.7 Å². The molecule has 170 valence electrons. The Morgan fingerprint density at radius 3 is 2.36 bits per heavy atom. The molecule has 0 radical (unpaired) electrons. The molecule has 4 aliphatic carbocycles. The number of pyridine rings is 1. The van der Waals surface area contributed by atoms with Crippen molar-refractivity contribution in [1.82, 2.24) is 19.7 Å². The van der Waals surface area contributed by atoms with E-state index in [0.717, 1.165) is 53.6 Å². The van der Waals surface area contributed by atoms with Gasteiger partial charge in [0.2, 0.25) is 0 Å². The van der Waals surface area contributed by atoms with Gasteiger partial charge in [-0.25, -0.2) is 0 Å². The number of nitrogens with zero attached hydrogens (tertiary/aromatic N) is 4. The van der Waals surface area contributed by atoms with Crippen LogP contribution in [0.2, 0.25) is 0 Å². The van der Waals surface area contributed by atoms with Crippen LogP contribution in [0.1, 0.15) is 51.0 Å². The van der Waals surface area contributed by atoms with Crippen LogP contribution < -0.4 is 0 Å². The zero-order valence-electron chi connectivity index (χ0n) is 19.1. The molecule has 5 nitrogen and oxygen atoms in total. The quantitative estimate of drug-likeness (QED) is 0.428. The third-order valence-corrected chi connectivity index (χ3v) is 9.11. The Morgan fingerprint density at radius 2 is 1.73 bits per heavy atom. The van der Waals surface area contributed by atoms with Crippen LogP contribution in [-0.2, 0) is 11.3 Å². The molecule has 2 heterocycles. The lowest BCUT2D eigenvalue weighted by atomic mass is 9.48. The van der Waals surface area contributed by atoms with Gasteiger partial charge < -0.3 is 0 Å². The van der Waals surface area contributed by atoms with Crippen LogP contribution in [0.15, 0.2) is 60.0 Å². The van der Waals surface area contributed by atoms with Gasteiger partial charge in [0.05, 0.1) is 11.8 Å². The Balaban J connectivity index is 1.28. The van der Waals surface area contributed by atoms with E-state index in [4.69, 9.17) is 0 Å². The third kappa shape index (κ3) is 3.92. The van der Waals surface area contributed by atoms with E-state index in [2.05, 4.69) is 50.9 Å². The van der Waals surface area contributed by atoms with Gasteiger partial charge in [0.25, 0.3) is 0 Å². The molecule has 4 fully saturated rings. The molecule has 0 N–H and O–H groups in total. The lowest BCUT2D eigenvalue weighted by Crippen LogP contribution is -2.51. The number of rotatable bonds is 7. The van der Waals surface area contributed by atoms with Crippen molar-refractivity contribution in [1.29, 1.82) is 0 Å². The van der Waals surface area contributed by atoms with Gasteiger partial charge in [0, 0.05) is 23.4 Å². The first-order valence-electron chi connectivity index (χ1n) is 12.2. The van der Waals surface area contributed by atoms with Crippen LogP contribution in [0.5, 0.6) is 0 Å². The number of Topliss-reactive ketones (excluding diaryl/α,β-unsaturated/α-hetero) is 1. The fourth-order valence-electron chi connectivity index (χ4n) is 7.05. The van der Waals surface area contributed by atoms with Gasteiger partial charge in [-0.1, -0.05) is 42.1 Å². The van der Waals surface area contributed by atoms with E-state index < -0.39 is 0 Å². The van der Waals surface area contributed by atoms with E-state index in [9.17, 15) is 4.79 Å². The molecule has 1 atom stereocenters. The minimum Gasteiger partial charge on any atom is -0.298 e. The molecule has 3 aromatic rings. The molecular formula is C27H30N4OS. The van der Waals surface area contributed by atoms with Crippen LogP contribution in [-0.4, -0.2) is 30.8 Å². The maximum absolute atomic E-state index is 13.9. The number of hydrogen-bond acceptors (Lipinski definition) is 5. The van der Waals surface area contributed by atoms with E-state index >= 15 is 0 Å². The number of thioether (sulfide) groups is 1. The van der Waals surface area contributed by atoms with Gasteiger partial charge in [-0.3, -0.25) is 14.3 Å². The van der Waals surface area contributed by atoms with Crippen molar-refractivity contribution in [2.24, 2.45) is 23.2 Å². The summed E-state index contributed by atoms with van der Waals surface area (Å²) in [5.74, 6) is 3.57. The molecule has 0 aliphatic heterocycles. The molecule has 4 bridgehead atoms. The first kappa shape index (κ1) is 21.1. The molecule has 4 saturated carbocycles. The molecule has 0 saturated heterocycles. The molecule has 0 amide bonds. The Bertz CT molecular complexity index is 1110. The Morgan fingerprint density at radius 1 is 1.03 bits per heavy atom. The summed E-state index contributed by atoms with van der Waals surface area (Å²) < 4.78 is 2.14. The number of ketones is 1. The molecule has 4 aliphatic rings. The highest BCUT2D eigenvalue weighted by atomic mass is 32.2. The summed E-state index contributed by atoms with van der Waals surface area (Å²) in [4.78, 5) is 18.1. The monoisotopic (exact) mass is 458 g/mol.